The van der Waals surface area contributed by atoms with Crippen molar-refractivity contribution in [2.45, 2.75) is 23.8 Å². The summed E-state index contributed by atoms with van der Waals surface area (Å²) >= 11 is 1.25. The molecule has 174 valence electrons. The van der Waals surface area contributed by atoms with Gasteiger partial charge < -0.3 is 20.6 Å². The molecule has 4 rings (SSSR count). The van der Waals surface area contributed by atoms with Crippen molar-refractivity contribution in [2.24, 2.45) is 0 Å². The third kappa shape index (κ3) is 4.15. The van der Waals surface area contributed by atoms with E-state index in [1.807, 2.05) is 0 Å². The van der Waals surface area contributed by atoms with Gasteiger partial charge >= 0.3 is 0 Å². The number of phenols is 3. The minimum Gasteiger partial charge on any atom is -0.504 e. The minimum atomic E-state index is -0.669. The Bertz CT molecular complexity index is 1370. The third-order valence-electron chi connectivity index (χ3n) is 5.79. The zero-order valence-corrected chi connectivity index (χ0v) is 18.8. The van der Waals surface area contributed by atoms with Crippen molar-refractivity contribution in [3.63, 3.8) is 0 Å². The van der Waals surface area contributed by atoms with Gasteiger partial charge in [-0.2, -0.15) is 0 Å². The quantitative estimate of drug-likeness (QED) is 0.190. The lowest BCUT2D eigenvalue weighted by atomic mass is 9.95. The van der Waals surface area contributed by atoms with Crippen molar-refractivity contribution in [1.29, 1.82) is 0 Å². The first kappa shape index (κ1) is 23.1. The van der Waals surface area contributed by atoms with Crippen LogP contribution in [0.2, 0.25) is 0 Å². The number of benzene rings is 2. The van der Waals surface area contributed by atoms with Gasteiger partial charge in [0.2, 0.25) is 5.75 Å². The van der Waals surface area contributed by atoms with E-state index in [1.54, 1.807) is 18.4 Å². The van der Waals surface area contributed by atoms with E-state index in [2.05, 4.69) is 5.32 Å². The lowest BCUT2D eigenvalue weighted by Gasteiger charge is -2.18. The van der Waals surface area contributed by atoms with E-state index in [1.165, 1.54) is 48.2 Å². The van der Waals surface area contributed by atoms with Gasteiger partial charge in [0.1, 0.15) is 0 Å². The number of hydrogen-bond donors (Lipinski definition) is 4. The summed E-state index contributed by atoms with van der Waals surface area (Å²) < 4.78 is 0. The summed E-state index contributed by atoms with van der Waals surface area (Å²) in [7, 11) is 0. The first-order valence-electron chi connectivity index (χ1n) is 10.3. The molecule has 1 amide bonds. The fourth-order valence-electron chi connectivity index (χ4n) is 4.09. The molecule has 34 heavy (non-hydrogen) atoms. The van der Waals surface area contributed by atoms with Crippen molar-refractivity contribution in [3.8, 4) is 28.4 Å². The minimum absolute atomic E-state index is 0.144. The van der Waals surface area contributed by atoms with Crippen LogP contribution in [0.3, 0.4) is 0 Å². The van der Waals surface area contributed by atoms with Crippen molar-refractivity contribution in [3.05, 3.63) is 85.6 Å². The zero-order valence-electron chi connectivity index (χ0n) is 17.9. The Kier molecular flexibility index (Phi) is 6.16. The van der Waals surface area contributed by atoms with E-state index in [0.717, 1.165) is 0 Å². The fraction of sp³-hybridized carbons (Fsp3) is 0.167. The van der Waals surface area contributed by atoms with E-state index < -0.39 is 34.1 Å². The number of phenolic OH excluding ortho intramolecular Hbond substituents is 3. The Hall–Kier alpha value is -4.05. The maximum atomic E-state index is 13.0. The van der Waals surface area contributed by atoms with Crippen LogP contribution in [0.15, 0.2) is 58.2 Å². The number of nitrogens with one attached hydrogen (secondary N) is 1. The smallest absolute Gasteiger partial charge is 0.269 e. The lowest BCUT2D eigenvalue weighted by Crippen LogP contribution is -2.29. The molecule has 1 aliphatic carbocycles. The summed E-state index contributed by atoms with van der Waals surface area (Å²) in [6.07, 6.45) is 2.41. The van der Waals surface area contributed by atoms with Crippen molar-refractivity contribution >= 4 is 23.4 Å². The number of nitrogens with zero attached hydrogens (tertiary/aromatic N) is 1. The number of aryl methyl sites for hydroxylation is 1. The van der Waals surface area contributed by atoms with Crippen LogP contribution in [0.5, 0.6) is 17.2 Å². The predicted molar refractivity (Wildman–Crippen MR) is 127 cm³/mol. The highest BCUT2D eigenvalue weighted by molar-refractivity contribution is 7.98. The molecular weight excluding hydrogens is 460 g/mol. The van der Waals surface area contributed by atoms with Crippen LogP contribution in [0.1, 0.15) is 33.9 Å². The summed E-state index contributed by atoms with van der Waals surface area (Å²) in [5.41, 5.74) is 1.50. The maximum Gasteiger partial charge on any atom is 0.269 e. The molecule has 9 nitrogen and oxygen atoms in total. The van der Waals surface area contributed by atoms with Gasteiger partial charge in [-0.15, -0.1) is 11.8 Å². The number of aromatic hydroxyl groups is 3. The number of carbonyl (C=O) groups is 1. The number of rotatable bonds is 4. The number of amides is 1. The first-order chi connectivity index (χ1) is 16.2. The topological polar surface area (TPSA) is 150 Å². The second kappa shape index (κ2) is 9.06. The monoisotopic (exact) mass is 480 g/mol. The van der Waals surface area contributed by atoms with Gasteiger partial charge in [0.25, 0.3) is 11.6 Å². The number of nitro groups is 1. The Balaban J connectivity index is 1.83. The molecule has 0 bridgehead atoms. The van der Waals surface area contributed by atoms with Crippen LogP contribution in [0.4, 0.5) is 5.69 Å². The number of fused-ring (bicyclic) bond motifs is 3. The molecule has 10 heteroatoms. The van der Waals surface area contributed by atoms with E-state index in [4.69, 9.17) is 0 Å². The molecule has 4 N–H and O–H groups in total. The average Bonchev–Trinajstić information content (AvgIpc) is 3.06. The highest BCUT2D eigenvalue weighted by Crippen LogP contribution is 2.48. The van der Waals surface area contributed by atoms with Crippen molar-refractivity contribution in [2.75, 3.05) is 6.26 Å². The molecule has 0 unspecified atom stereocenters. The van der Waals surface area contributed by atoms with Gasteiger partial charge in [-0.3, -0.25) is 19.7 Å². The largest absolute Gasteiger partial charge is 0.504 e. The zero-order chi connectivity index (χ0) is 24.6. The molecular formula is C24H20N2O7S. The van der Waals surface area contributed by atoms with Crippen LogP contribution < -0.4 is 10.7 Å². The third-order valence-corrected chi connectivity index (χ3v) is 6.57. The number of thioether (sulfide) groups is 1. The van der Waals surface area contributed by atoms with E-state index in [9.17, 15) is 35.0 Å². The average molecular weight is 480 g/mol. The summed E-state index contributed by atoms with van der Waals surface area (Å²) in [5, 5.41) is 44.6. The lowest BCUT2D eigenvalue weighted by molar-refractivity contribution is -0.384. The van der Waals surface area contributed by atoms with Gasteiger partial charge in [0.15, 0.2) is 16.9 Å². The van der Waals surface area contributed by atoms with E-state index in [0.29, 0.717) is 34.4 Å². The number of nitro benzene ring substituents is 1. The molecule has 1 aliphatic rings. The molecule has 0 saturated heterocycles. The van der Waals surface area contributed by atoms with Crippen LogP contribution in [-0.2, 0) is 6.42 Å². The van der Waals surface area contributed by atoms with Gasteiger partial charge in [0.05, 0.1) is 15.9 Å². The molecule has 0 aromatic heterocycles. The van der Waals surface area contributed by atoms with Crippen molar-refractivity contribution < 1.29 is 25.0 Å². The second-order valence-electron chi connectivity index (χ2n) is 7.78. The van der Waals surface area contributed by atoms with E-state index >= 15 is 0 Å². The maximum absolute atomic E-state index is 13.0. The molecule has 1 atom stereocenters. The molecule has 0 aliphatic heterocycles. The molecule has 0 heterocycles. The number of non-ortho nitro benzene ring substituents is 1. The summed E-state index contributed by atoms with van der Waals surface area (Å²) in [4.78, 5) is 36.6. The second-order valence-corrected chi connectivity index (χ2v) is 8.62. The van der Waals surface area contributed by atoms with Gasteiger partial charge in [-0.05, 0) is 66.1 Å². The predicted octanol–water partition coefficient (Wildman–Crippen LogP) is 3.88. The molecule has 0 radical (unpaired) electrons. The van der Waals surface area contributed by atoms with Gasteiger partial charge in [-0.1, -0.05) is 6.07 Å². The van der Waals surface area contributed by atoms with Crippen LogP contribution >= 0.6 is 11.8 Å². The summed E-state index contributed by atoms with van der Waals surface area (Å²) in [6.45, 7) is 0. The molecule has 0 saturated carbocycles. The van der Waals surface area contributed by atoms with Crippen molar-refractivity contribution in [1.82, 2.24) is 5.32 Å². The highest BCUT2D eigenvalue weighted by Gasteiger charge is 2.28. The molecule has 3 aromatic carbocycles. The van der Waals surface area contributed by atoms with Gasteiger partial charge in [-0.25, -0.2) is 0 Å². The van der Waals surface area contributed by atoms with Crippen LogP contribution in [0, 0.1) is 10.1 Å². The number of hydrogen-bond acceptors (Lipinski definition) is 8. The summed E-state index contributed by atoms with van der Waals surface area (Å²) in [5.74, 6) is -2.14. The summed E-state index contributed by atoms with van der Waals surface area (Å²) in [6, 6.07) is 10.5. The Labute approximate surface area is 197 Å². The normalized spacial score (nSPS) is 14.4. The molecule has 3 aromatic rings. The van der Waals surface area contributed by atoms with E-state index in [-0.39, 0.29) is 22.2 Å². The fourth-order valence-corrected chi connectivity index (χ4v) is 4.55. The molecule has 0 fully saturated rings. The number of carbonyl (C=O) groups excluding carboxylic acids is 1. The van der Waals surface area contributed by atoms with Gasteiger partial charge in [0, 0.05) is 23.3 Å². The van der Waals surface area contributed by atoms with Crippen LogP contribution in [0.25, 0.3) is 11.1 Å². The highest BCUT2D eigenvalue weighted by atomic mass is 32.2. The van der Waals surface area contributed by atoms with Crippen LogP contribution in [-0.4, -0.2) is 32.4 Å². The standard InChI is InChI=1S/C24H20N2O7S/c1-34-20-9-7-15-16(11-18(20)27)17(8-4-13-10-19(28)22(29)23(30)21(13)15)25-24(31)12-2-5-14(6-3-12)26(32)33/h2-3,5-7,9-11,17,28-30H,4,8H2,1H3,(H,25,31)/t17-/m0/s1. The Morgan fingerprint density at radius 1 is 1.09 bits per heavy atom. The first-order valence-corrected chi connectivity index (χ1v) is 11.5. The molecule has 0 spiro atoms. The SMILES string of the molecule is CSc1ccc2c(cc1=O)[C@@H](NC(=O)c1ccc([N+](=O)[O-])cc1)CCc1cc(O)c(O)c(O)c1-2. The Morgan fingerprint density at radius 2 is 1.79 bits per heavy atom. The Morgan fingerprint density at radius 3 is 2.44 bits per heavy atom.